The number of benzene rings is 2. The second-order valence-corrected chi connectivity index (χ2v) is 7.00. The highest BCUT2D eigenvalue weighted by molar-refractivity contribution is 9.10. The van der Waals surface area contributed by atoms with Crippen LogP contribution in [0, 0.1) is 0 Å². The topological polar surface area (TPSA) is 69.0 Å². The van der Waals surface area contributed by atoms with Gasteiger partial charge < -0.3 is 10.1 Å². The van der Waals surface area contributed by atoms with Crippen LogP contribution in [-0.2, 0) is 24.4 Å². The summed E-state index contributed by atoms with van der Waals surface area (Å²) in [5.74, 6) is -0.235. The number of halogens is 1. The van der Waals surface area contributed by atoms with Gasteiger partial charge >= 0.3 is 0 Å². The quantitative estimate of drug-likeness (QED) is 0.713. The van der Waals surface area contributed by atoms with Crippen LogP contribution >= 0.6 is 15.9 Å². The molecular weight excluding hydrogens is 396 g/mol. The normalized spacial score (nSPS) is 16.1. The SMILES string of the molecule is O=C(NCc1ccccc1)c1nnn2c1CO[C@H](c1ccc(Br)cc1)C2. The number of amides is 1. The Bertz CT molecular complexity index is 909. The Kier molecular flexibility index (Phi) is 4.81. The van der Waals surface area contributed by atoms with Gasteiger partial charge in [0.2, 0.25) is 0 Å². The third-order valence-electron chi connectivity index (χ3n) is 4.35. The predicted molar refractivity (Wildman–Crippen MR) is 99.3 cm³/mol. The second-order valence-electron chi connectivity index (χ2n) is 6.09. The summed E-state index contributed by atoms with van der Waals surface area (Å²) in [6.07, 6.45) is -0.0995. The molecule has 1 N–H and O–H groups in total. The number of hydrogen-bond donors (Lipinski definition) is 1. The Morgan fingerprint density at radius 3 is 2.73 bits per heavy atom. The van der Waals surface area contributed by atoms with Crippen LogP contribution < -0.4 is 5.32 Å². The van der Waals surface area contributed by atoms with Gasteiger partial charge in [-0.25, -0.2) is 4.68 Å². The Morgan fingerprint density at radius 2 is 1.96 bits per heavy atom. The van der Waals surface area contributed by atoms with Gasteiger partial charge in [-0.2, -0.15) is 0 Å². The van der Waals surface area contributed by atoms with E-state index in [-0.39, 0.29) is 12.0 Å². The molecule has 0 saturated carbocycles. The zero-order chi connectivity index (χ0) is 17.9. The predicted octanol–water partition coefficient (Wildman–Crippen LogP) is 3.24. The summed E-state index contributed by atoms with van der Waals surface area (Å²) in [6, 6.07) is 17.8. The minimum Gasteiger partial charge on any atom is -0.365 e. The summed E-state index contributed by atoms with van der Waals surface area (Å²) < 4.78 is 8.73. The molecule has 26 heavy (non-hydrogen) atoms. The average molecular weight is 413 g/mol. The van der Waals surface area contributed by atoms with Gasteiger partial charge in [-0.15, -0.1) is 5.10 Å². The maximum atomic E-state index is 12.5. The van der Waals surface area contributed by atoms with Gasteiger partial charge in [-0.1, -0.05) is 63.6 Å². The fourth-order valence-corrected chi connectivity index (χ4v) is 3.19. The first kappa shape index (κ1) is 16.9. The molecule has 6 nitrogen and oxygen atoms in total. The van der Waals surface area contributed by atoms with E-state index in [1.54, 1.807) is 4.68 Å². The summed E-state index contributed by atoms with van der Waals surface area (Å²) in [5, 5.41) is 11.1. The summed E-state index contributed by atoms with van der Waals surface area (Å²) in [6.45, 7) is 1.30. The Labute approximate surface area is 159 Å². The zero-order valence-corrected chi connectivity index (χ0v) is 15.5. The molecule has 0 spiro atoms. The van der Waals surface area contributed by atoms with Crippen LogP contribution in [0.4, 0.5) is 0 Å². The van der Waals surface area contributed by atoms with Crippen LogP contribution in [-0.4, -0.2) is 20.9 Å². The molecule has 0 unspecified atom stereocenters. The van der Waals surface area contributed by atoms with E-state index in [1.165, 1.54) is 0 Å². The third kappa shape index (κ3) is 3.54. The van der Waals surface area contributed by atoms with Gasteiger partial charge in [0.1, 0.15) is 6.10 Å². The fourth-order valence-electron chi connectivity index (χ4n) is 2.93. The molecule has 1 amide bonds. The van der Waals surface area contributed by atoms with Crippen molar-refractivity contribution in [2.24, 2.45) is 0 Å². The molecule has 0 bridgehead atoms. The summed E-state index contributed by atoms with van der Waals surface area (Å²) in [5.41, 5.74) is 3.15. The van der Waals surface area contributed by atoms with Crippen molar-refractivity contribution in [3.63, 3.8) is 0 Å². The van der Waals surface area contributed by atoms with Gasteiger partial charge in [0.25, 0.3) is 5.91 Å². The van der Waals surface area contributed by atoms with E-state index in [0.717, 1.165) is 15.6 Å². The number of ether oxygens (including phenoxy) is 1. The van der Waals surface area contributed by atoms with Crippen LogP contribution in [0.1, 0.15) is 33.4 Å². The number of fused-ring (bicyclic) bond motifs is 1. The van der Waals surface area contributed by atoms with Crippen molar-refractivity contribution < 1.29 is 9.53 Å². The zero-order valence-electron chi connectivity index (χ0n) is 13.9. The minimum absolute atomic E-state index is 0.0995. The maximum Gasteiger partial charge on any atom is 0.274 e. The van der Waals surface area contributed by atoms with Gasteiger partial charge in [0, 0.05) is 11.0 Å². The monoisotopic (exact) mass is 412 g/mol. The minimum atomic E-state index is -0.235. The van der Waals surface area contributed by atoms with Gasteiger partial charge in [-0.3, -0.25) is 4.79 Å². The molecule has 2 aromatic carbocycles. The lowest BCUT2D eigenvalue weighted by atomic mass is 10.1. The van der Waals surface area contributed by atoms with E-state index in [1.807, 2.05) is 54.6 Å². The molecule has 7 heteroatoms. The number of hydrogen-bond acceptors (Lipinski definition) is 4. The van der Waals surface area contributed by atoms with Crippen molar-refractivity contribution in [2.45, 2.75) is 25.8 Å². The summed E-state index contributed by atoms with van der Waals surface area (Å²) >= 11 is 3.43. The highest BCUT2D eigenvalue weighted by atomic mass is 79.9. The van der Waals surface area contributed by atoms with E-state index in [4.69, 9.17) is 4.74 Å². The molecule has 0 fully saturated rings. The van der Waals surface area contributed by atoms with E-state index < -0.39 is 0 Å². The van der Waals surface area contributed by atoms with Crippen LogP contribution in [0.5, 0.6) is 0 Å². The Morgan fingerprint density at radius 1 is 1.19 bits per heavy atom. The number of carbonyl (C=O) groups excluding carboxylic acids is 1. The molecule has 1 aliphatic heterocycles. The smallest absolute Gasteiger partial charge is 0.274 e. The highest BCUT2D eigenvalue weighted by Gasteiger charge is 2.27. The average Bonchev–Trinajstić information content (AvgIpc) is 3.11. The van der Waals surface area contributed by atoms with Crippen molar-refractivity contribution in [1.29, 1.82) is 0 Å². The first-order valence-corrected chi connectivity index (χ1v) is 9.11. The lowest BCUT2D eigenvalue weighted by Crippen LogP contribution is -2.27. The summed E-state index contributed by atoms with van der Waals surface area (Å²) in [4.78, 5) is 12.5. The van der Waals surface area contributed by atoms with Gasteiger partial charge in [-0.05, 0) is 23.3 Å². The molecule has 2 heterocycles. The first-order valence-electron chi connectivity index (χ1n) is 8.32. The molecule has 1 atom stereocenters. The standard InChI is InChI=1S/C19H17BrN4O2/c20-15-8-6-14(7-9-15)17-11-24-16(12-26-17)18(22-23-24)19(25)21-10-13-4-2-1-3-5-13/h1-9,17H,10-12H2,(H,21,25)/t17-/m0/s1. The van der Waals surface area contributed by atoms with Crippen molar-refractivity contribution >= 4 is 21.8 Å². The molecule has 4 rings (SSSR count). The third-order valence-corrected chi connectivity index (χ3v) is 4.88. The van der Waals surface area contributed by atoms with E-state index in [9.17, 15) is 4.79 Å². The Hall–Kier alpha value is -2.51. The van der Waals surface area contributed by atoms with Crippen molar-refractivity contribution in [3.8, 4) is 0 Å². The van der Waals surface area contributed by atoms with E-state index >= 15 is 0 Å². The summed E-state index contributed by atoms with van der Waals surface area (Å²) in [7, 11) is 0. The van der Waals surface area contributed by atoms with E-state index in [2.05, 4.69) is 31.6 Å². The number of rotatable bonds is 4. The molecule has 0 aliphatic carbocycles. The molecular formula is C19H17BrN4O2. The van der Waals surface area contributed by atoms with Gasteiger partial charge in [0.15, 0.2) is 5.69 Å². The molecule has 0 radical (unpaired) electrons. The number of aromatic nitrogens is 3. The number of nitrogens with one attached hydrogen (secondary N) is 1. The van der Waals surface area contributed by atoms with Crippen molar-refractivity contribution in [3.05, 3.63) is 81.6 Å². The highest BCUT2D eigenvalue weighted by Crippen LogP contribution is 2.27. The largest absolute Gasteiger partial charge is 0.365 e. The van der Waals surface area contributed by atoms with Gasteiger partial charge in [0.05, 0.1) is 18.8 Å². The van der Waals surface area contributed by atoms with Crippen molar-refractivity contribution in [2.75, 3.05) is 0 Å². The van der Waals surface area contributed by atoms with Crippen LogP contribution in [0.15, 0.2) is 59.1 Å². The van der Waals surface area contributed by atoms with Crippen LogP contribution in [0.25, 0.3) is 0 Å². The molecule has 132 valence electrons. The lowest BCUT2D eigenvalue weighted by Gasteiger charge is -2.24. The number of carbonyl (C=O) groups is 1. The molecule has 3 aromatic rings. The van der Waals surface area contributed by atoms with E-state index in [0.29, 0.717) is 31.1 Å². The maximum absolute atomic E-state index is 12.5. The van der Waals surface area contributed by atoms with Crippen molar-refractivity contribution in [1.82, 2.24) is 20.3 Å². The molecule has 0 saturated heterocycles. The second kappa shape index (κ2) is 7.39. The first-order chi connectivity index (χ1) is 12.7. The molecule has 1 aromatic heterocycles. The number of nitrogens with zero attached hydrogens (tertiary/aromatic N) is 3. The molecule has 1 aliphatic rings. The Balaban J connectivity index is 1.45. The van der Waals surface area contributed by atoms with Crippen LogP contribution in [0.2, 0.25) is 0 Å². The van der Waals surface area contributed by atoms with Crippen LogP contribution in [0.3, 0.4) is 0 Å². The lowest BCUT2D eigenvalue weighted by molar-refractivity contribution is -0.00177. The fraction of sp³-hybridized carbons (Fsp3) is 0.211.